The van der Waals surface area contributed by atoms with Gasteiger partial charge in [0.05, 0.1) is 19.2 Å². The number of hydrogen-bond acceptors (Lipinski definition) is 4. The molecule has 0 fully saturated rings. The lowest BCUT2D eigenvalue weighted by Gasteiger charge is -2.18. The normalized spacial score (nSPS) is 12.7. The van der Waals surface area contributed by atoms with E-state index in [9.17, 15) is 9.59 Å². The van der Waals surface area contributed by atoms with Gasteiger partial charge in [0, 0.05) is 17.9 Å². The van der Waals surface area contributed by atoms with E-state index < -0.39 is 0 Å². The molecule has 0 saturated heterocycles. The number of fused-ring (bicyclic) bond motifs is 1. The average molecular weight is 310 g/mol. The number of methoxy groups -OCH3 is 1. The summed E-state index contributed by atoms with van der Waals surface area (Å²) in [5, 5.41) is 3.09. The summed E-state index contributed by atoms with van der Waals surface area (Å²) in [5.41, 5.74) is 3.49. The van der Waals surface area contributed by atoms with E-state index in [0.29, 0.717) is 5.56 Å². The van der Waals surface area contributed by atoms with Crippen LogP contribution >= 0.6 is 0 Å². The van der Waals surface area contributed by atoms with Gasteiger partial charge < -0.3 is 15.0 Å². The fraction of sp³-hybridized carbons (Fsp3) is 0.222. The third kappa shape index (κ3) is 3.18. The smallest absolute Gasteiger partial charge is 0.337 e. The van der Waals surface area contributed by atoms with Crippen molar-refractivity contribution < 1.29 is 14.3 Å². The molecule has 23 heavy (non-hydrogen) atoms. The van der Waals surface area contributed by atoms with Gasteiger partial charge in [0.25, 0.3) is 0 Å². The molecule has 1 amide bonds. The molecule has 1 heterocycles. The number of nitrogens with one attached hydrogen (secondary N) is 1. The zero-order chi connectivity index (χ0) is 16.2. The highest BCUT2D eigenvalue weighted by Crippen LogP contribution is 2.27. The van der Waals surface area contributed by atoms with Gasteiger partial charge in [-0.25, -0.2) is 4.79 Å². The van der Waals surface area contributed by atoms with Crippen molar-refractivity contribution in [2.24, 2.45) is 0 Å². The Morgan fingerprint density at radius 3 is 2.61 bits per heavy atom. The van der Waals surface area contributed by atoms with Crippen LogP contribution in [0.25, 0.3) is 0 Å². The summed E-state index contributed by atoms with van der Waals surface area (Å²) in [7, 11) is 1.35. The van der Waals surface area contributed by atoms with E-state index in [4.69, 9.17) is 0 Å². The second-order valence-electron chi connectivity index (χ2n) is 5.35. The Labute approximate surface area is 134 Å². The Hall–Kier alpha value is -2.82. The summed E-state index contributed by atoms with van der Waals surface area (Å²) >= 11 is 0. The minimum atomic E-state index is -0.374. The topological polar surface area (TPSA) is 58.6 Å². The predicted molar refractivity (Wildman–Crippen MR) is 88.8 cm³/mol. The lowest BCUT2D eigenvalue weighted by atomic mass is 10.2. The highest BCUT2D eigenvalue weighted by Gasteiger charge is 2.23. The summed E-state index contributed by atoms with van der Waals surface area (Å²) in [5.74, 6) is -0.340. The predicted octanol–water partition coefficient (Wildman–Crippen LogP) is 2.47. The number of carbonyl (C=O) groups excluding carboxylic acids is 2. The molecule has 5 heteroatoms. The van der Waals surface area contributed by atoms with Gasteiger partial charge >= 0.3 is 5.97 Å². The van der Waals surface area contributed by atoms with Crippen molar-refractivity contribution in [3.05, 3.63) is 59.7 Å². The lowest BCUT2D eigenvalue weighted by molar-refractivity contribution is -0.116. The summed E-state index contributed by atoms with van der Waals surface area (Å²) in [6, 6.07) is 14.8. The Morgan fingerprint density at radius 1 is 1.13 bits per heavy atom. The van der Waals surface area contributed by atoms with Gasteiger partial charge in [0.15, 0.2) is 0 Å². The van der Waals surface area contributed by atoms with Gasteiger partial charge in [-0.15, -0.1) is 0 Å². The van der Waals surface area contributed by atoms with Gasteiger partial charge in [-0.2, -0.15) is 0 Å². The molecule has 0 bridgehead atoms. The first kappa shape index (κ1) is 15.1. The number of anilines is 2. The number of nitrogens with zero attached hydrogens (tertiary/aromatic N) is 1. The first-order chi connectivity index (χ1) is 11.2. The van der Waals surface area contributed by atoms with Gasteiger partial charge in [-0.05, 0) is 42.3 Å². The number of para-hydroxylation sites is 1. The molecule has 2 aromatic rings. The zero-order valence-corrected chi connectivity index (χ0v) is 12.9. The minimum absolute atomic E-state index is 0.0343. The maximum atomic E-state index is 12.4. The molecule has 0 aliphatic carbocycles. The SMILES string of the molecule is COC(=O)c1ccc(NCC(=O)N2CCc3ccccc32)cc1. The molecule has 0 spiro atoms. The summed E-state index contributed by atoms with van der Waals surface area (Å²) in [4.78, 5) is 25.6. The Morgan fingerprint density at radius 2 is 1.87 bits per heavy atom. The lowest BCUT2D eigenvalue weighted by Crippen LogP contribution is -2.34. The van der Waals surface area contributed by atoms with Crippen LogP contribution in [0.3, 0.4) is 0 Å². The summed E-state index contributed by atoms with van der Waals surface area (Å²) in [6.07, 6.45) is 0.899. The number of carbonyl (C=O) groups is 2. The molecule has 1 aliphatic rings. The molecule has 0 radical (unpaired) electrons. The molecule has 0 atom stereocenters. The molecule has 2 aromatic carbocycles. The van der Waals surface area contributed by atoms with Gasteiger partial charge in [-0.1, -0.05) is 18.2 Å². The number of benzene rings is 2. The second-order valence-corrected chi connectivity index (χ2v) is 5.35. The quantitative estimate of drug-likeness (QED) is 0.881. The van der Waals surface area contributed by atoms with Crippen LogP contribution in [0, 0.1) is 0 Å². The number of amides is 1. The van der Waals surface area contributed by atoms with E-state index in [0.717, 1.165) is 24.3 Å². The second kappa shape index (κ2) is 6.52. The molecule has 1 N–H and O–H groups in total. The monoisotopic (exact) mass is 310 g/mol. The maximum absolute atomic E-state index is 12.4. The minimum Gasteiger partial charge on any atom is -0.465 e. The van der Waals surface area contributed by atoms with Crippen molar-refractivity contribution in [3.63, 3.8) is 0 Å². The van der Waals surface area contributed by atoms with Crippen LogP contribution in [0.4, 0.5) is 11.4 Å². The number of rotatable bonds is 4. The highest BCUT2D eigenvalue weighted by atomic mass is 16.5. The third-order valence-corrected chi connectivity index (χ3v) is 3.94. The van der Waals surface area contributed by atoms with Gasteiger partial charge in [-0.3, -0.25) is 4.79 Å². The van der Waals surface area contributed by atoms with Crippen molar-refractivity contribution in [2.75, 3.05) is 30.4 Å². The molecule has 5 nitrogen and oxygen atoms in total. The van der Waals surface area contributed by atoms with Crippen LogP contribution in [0.1, 0.15) is 15.9 Å². The fourth-order valence-corrected chi connectivity index (χ4v) is 2.71. The van der Waals surface area contributed by atoms with Crippen LogP contribution < -0.4 is 10.2 Å². The number of ether oxygens (including phenoxy) is 1. The standard InChI is InChI=1S/C18H18N2O3/c1-23-18(22)14-6-8-15(9-7-14)19-12-17(21)20-11-10-13-4-2-3-5-16(13)20/h2-9,19H,10-12H2,1H3. The van der Waals surface area contributed by atoms with Crippen LogP contribution in [-0.4, -0.2) is 32.1 Å². The zero-order valence-electron chi connectivity index (χ0n) is 12.9. The van der Waals surface area contributed by atoms with Crippen molar-refractivity contribution in [3.8, 4) is 0 Å². The van der Waals surface area contributed by atoms with Crippen LogP contribution in [0.15, 0.2) is 48.5 Å². The fourth-order valence-electron chi connectivity index (χ4n) is 2.71. The van der Waals surface area contributed by atoms with Crippen molar-refractivity contribution >= 4 is 23.3 Å². The van der Waals surface area contributed by atoms with Gasteiger partial charge in [0.2, 0.25) is 5.91 Å². The van der Waals surface area contributed by atoms with Crippen molar-refractivity contribution in [2.45, 2.75) is 6.42 Å². The molecular weight excluding hydrogens is 292 g/mol. The average Bonchev–Trinajstić information content (AvgIpc) is 3.03. The molecule has 0 unspecified atom stereocenters. The van der Waals surface area contributed by atoms with E-state index in [1.165, 1.54) is 12.7 Å². The largest absolute Gasteiger partial charge is 0.465 e. The van der Waals surface area contributed by atoms with Crippen LogP contribution in [-0.2, 0) is 16.0 Å². The molecule has 3 rings (SSSR count). The first-order valence-corrected chi connectivity index (χ1v) is 7.49. The van der Waals surface area contributed by atoms with E-state index in [-0.39, 0.29) is 18.4 Å². The first-order valence-electron chi connectivity index (χ1n) is 7.49. The Balaban J connectivity index is 1.61. The van der Waals surface area contributed by atoms with E-state index in [2.05, 4.69) is 16.1 Å². The molecule has 0 aromatic heterocycles. The van der Waals surface area contributed by atoms with E-state index in [1.54, 1.807) is 24.3 Å². The summed E-state index contributed by atoms with van der Waals surface area (Å²) < 4.78 is 4.65. The highest BCUT2D eigenvalue weighted by molar-refractivity contribution is 5.98. The van der Waals surface area contributed by atoms with Crippen molar-refractivity contribution in [1.29, 1.82) is 0 Å². The Bertz CT molecular complexity index is 725. The van der Waals surface area contributed by atoms with E-state index >= 15 is 0 Å². The molecular formula is C18H18N2O3. The number of hydrogen-bond donors (Lipinski definition) is 1. The van der Waals surface area contributed by atoms with Gasteiger partial charge in [0.1, 0.15) is 0 Å². The summed E-state index contributed by atoms with van der Waals surface area (Å²) in [6.45, 7) is 0.938. The Kier molecular flexibility index (Phi) is 4.28. The third-order valence-electron chi connectivity index (χ3n) is 3.94. The molecule has 118 valence electrons. The molecule has 1 aliphatic heterocycles. The van der Waals surface area contributed by atoms with Crippen LogP contribution in [0.2, 0.25) is 0 Å². The van der Waals surface area contributed by atoms with E-state index in [1.807, 2.05) is 23.1 Å². The van der Waals surface area contributed by atoms with Crippen LogP contribution in [0.5, 0.6) is 0 Å². The molecule has 0 saturated carbocycles. The maximum Gasteiger partial charge on any atom is 0.337 e. The number of esters is 1. The van der Waals surface area contributed by atoms with Crippen molar-refractivity contribution in [1.82, 2.24) is 0 Å².